The minimum atomic E-state index is -3.67. The maximum atomic E-state index is 12.9. The normalized spacial score (nSPS) is 13.1. The highest BCUT2D eigenvalue weighted by molar-refractivity contribution is 7.89. The van der Waals surface area contributed by atoms with E-state index in [4.69, 9.17) is 0 Å². The van der Waals surface area contributed by atoms with E-state index in [2.05, 4.69) is 4.72 Å². The Hall–Kier alpha value is -1.72. The molecule has 0 heterocycles. The van der Waals surface area contributed by atoms with Crippen molar-refractivity contribution in [1.29, 1.82) is 0 Å². The van der Waals surface area contributed by atoms with E-state index in [1.807, 2.05) is 32.0 Å². The SMILES string of the molecule is Cc1ccc(C)c([C@H](C)NS(=O)(=O)c2ccc(F)cc2)c1. The van der Waals surface area contributed by atoms with Crippen LogP contribution in [0.25, 0.3) is 0 Å². The summed E-state index contributed by atoms with van der Waals surface area (Å²) < 4.78 is 40.1. The Morgan fingerprint density at radius 1 is 1.05 bits per heavy atom. The first-order valence-electron chi connectivity index (χ1n) is 6.64. The molecule has 112 valence electrons. The van der Waals surface area contributed by atoms with Crippen molar-refractivity contribution in [3.8, 4) is 0 Å². The van der Waals surface area contributed by atoms with E-state index in [1.54, 1.807) is 6.92 Å². The van der Waals surface area contributed by atoms with Crippen LogP contribution in [-0.4, -0.2) is 8.42 Å². The topological polar surface area (TPSA) is 46.2 Å². The standard InChI is InChI=1S/C16H18FNO2S/c1-11-4-5-12(2)16(10-11)13(3)18-21(19,20)15-8-6-14(17)7-9-15/h4-10,13,18H,1-3H3/t13-/m0/s1. The summed E-state index contributed by atoms with van der Waals surface area (Å²) in [6.07, 6.45) is 0. The third-order valence-electron chi connectivity index (χ3n) is 3.36. The number of halogens is 1. The molecule has 2 aromatic carbocycles. The summed E-state index contributed by atoms with van der Waals surface area (Å²) in [4.78, 5) is 0.0565. The molecule has 0 radical (unpaired) electrons. The van der Waals surface area contributed by atoms with Crippen molar-refractivity contribution < 1.29 is 12.8 Å². The van der Waals surface area contributed by atoms with Crippen LogP contribution in [0.5, 0.6) is 0 Å². The highest BCUT2D eigenvalue weighted by atomic mass is 32.2. The van der Waals surface area contributed by atoms with Crippen LogP contribution < -0.4 is 4.72 Å². The maximum Gasteiger partial charge on any atom is 0.241 e. The van der Waals surface area contributed by atoms with Gasteiger partial charge in [-0.15, -0.1) is 0 Å². The van der Waals surface area contributed by atoms with Gasteiger partial charge >= 0.3 is 0 Å². The van der Waals surface area contributed by atoms with Gasteiger partial charge < -0.3 is 0 Å². The lowest BCUT2D eigenvalue weighted by molar-refractivity contribution is 0.565. The molecule has 0 aromatic heterocycles. The first-order chi connectivity index (χ1) is 9.79. The van der Waals surface area contributed by atoms with Gasteiger partial charge in [0.15, 0.2) is 0 Å². The summed E-state index contributed by atoms with van der Waals surface area (Å²) in [5.74, 6) is -0.462. The lowest BCUT2D eigenvalue weighted by Gasteiger charge is -2.17. The largest absolute Gasteiger partial charge is 0.241 e. The number of sulfonamides is 1. The number of hydrogen-bond donors (Lipinski definition) is 1. The lowest BCUT2D eigenvalue weighted by atomic mass is 10.0. The summed E-state index contributed by atoms with van der Waals surface area (Å²) in [6.45, 7) is 5.70. The van der Waals surface area contributed by atoms with Crippen LogP contribution >= 0.6 is 0 Å². The Labute approximate surface area is 124 Å². The van der Waals surface area contributed by atoms with Gasteiger partial charge in [0.1, 0.15) is 5.82 Å². The van der Waals surface area contributed by atoms with Crippen molar-refractivity contribution in [2.45, 2.75) is 31.7 Å². The molecular formula is C16H18FNO2S. The van der Waals surface area contributed by atoms with Gasteiger partial charge in [-0.05, 0) is 56.2 Å². The molecule has 3 nitrogen and oxygen atoms in total. The Morgan fingerprint density at radius 3 is 2.29 bits per heavy atom. The fraction of sp³-hybridized carbons (Fsp3) is 0.250. The number of aryl methyl sites for hydroxylation is 2. The molecule has 0 aliphatic carbocycles. The molecule has 0 spiro atoms. The van der Waals surface area contributed by atoms with Gasteiger partial charge in [0, 0.05) is 6.04 Å². The van der Waals surface area contributed by atoms with Crippen molar-refractivity contribution >= 4 is 10.0 Å². The minimum Gasteiger partial charge on any atom is -0.207 e. The highest BCUT2D eigenvalue weighted by Gasteiger charge is 2.19. The summed E-state index contributed by atoms with van der Waals surface area (Å²) >= 11 is 0. The van der Waals surface area contributed by atoms with Gasteiger partial charge in [-0.2, -0.15) is 0 Å². The van der Waals surface area contributed by atoms with E-state index in [9.17, 15) is 12.8 Å². The predicted octanol–water partition coefficient (Wildman–Crippen LogP) is 3.48. The lowest BCUT2D eigenvalue weighted by Crippen LogP contribution is -2.27. The van der Waals surface area contributed by atoms with Gasteiger partial charge in [-0.3, -0.25) is 0 Å². The molecule has 0 unspecified atom stereocenters. The molecule has 0 aliphatic heterocycles. The molecule has 0 fully saturated rings. The third kappa shape index (κ3) is 3.68. The fourth-order valence-corrected chi connectivity index (χ4v) is 3.43. The third-order valence-corrected chi connectivity index (χ3v) is 4.91. The molecule has 0 bridgehead atoms. The quantitative estimate of drug-likeness (QED) is 0.940. The Bertz CT molecular complexity index is 739. The summed E-state index contributed by atoms with van der Waals surface area (Å²) in [5.41, 5.74) is 3.03. The summed E-state index contributed by atoms with van der Waals surface area (Å²) in [7, 11) is -3.67. The molecule has 0 aliphatic rings. The molecule has 0 saturated carbocycles. The van der Waals surface area contributed by atoms with Gasteiger partial charge in [0.2, 0.25) is 10.0 Å². The van der Waals surface area contributed by atoms with Gasteiger partial charge in [-0.25, -0.2) is 17.5 Å². The molecule has 2 rings (SSSR count). The van der Waals surface area contributed by atoms with E-state index in [-0.39, 0.29) is 10.9 Å². The van der Waals surface area contributed by atoms with Gasteiger partial charge in [0.25, 0.3) is 0 Å². The van der Waals surface area contributed by atoms with Crippen LogP contribution in [0.3, 0.4) is 0 Å². The van der Waals surface area contributed by atoms with E-state index in [0.717, 1.165) is 28.8 Å². The molecule has 1 atom stereocenters. The van der Waals surface area contributed by atoms with Crippen LogP contribution in [0, 0.1) is 19.7 Å². The van der Waals surface area contributed by atoms with Crippen LogP contribution in [0.15, 0.2) is 47.4 Å². The smallest absolute Gasteiger partial charge is 0.207 e. The van der Waals surface area contributed by atoms with Crippen LogP contribution in [0.2, 0.25) is 0 Å². The zero-order valence-electron chi connectivity index (χ0n) is 12.2. The van der Waals surface area contributed by atoms with Crippen molar-refractivity contribution in [3.05, 3.63) is 65.0 Å². The zero-order chi connectivity index (χ0) is 15.6. The summed E-state index contributed by atoms with van der Waals surface area (Å²) in [5, 5.41) is 0. The second-order valence-corrected chi connectivity index (χ2v) is 6.87. The molecule has 0 amide bonds. The second kappa shape index (κ2) is 5.95. The monoisotopic (exact) mass is 307 g/mol. The number of benzene rings is 2. The average Bonchev–Trinajstić information content (AvgIpc) is 2.41. The molecule has 1 N–H and O–H groups in total. The van der Waals surface area contributed by atoms with Crippen molar-refractivity contribution in [2.75, 3.05) is 0 Å². The molecule has 0 saturated heterocycles. The van der Waals surface area contributed by atoms with E-state index in [1.165, 1.54) is 12.1 Å². The predicted molar refractivity (Wildman–Crippen MR) is 81.1 cm³/mol. The molecule has 21 heavy (non-hydrogen) atoms. The molecule has 2 aromatic rings. The molecule has 5 heteroatoms. The van der Waals surface area contributed by atoms with Gasteiger partial charge in [-0.1, -0.05) is 23.8 Å². The molecular weight excluding hydrogens is 289 g/mol. The highest BCUT2D eigenvalue weighted by Crippen LogP contribution is 2.21. The number of rotatable bonds is 4. The number of hydrogen-bond acceptors (Lipinski definition) is 2. The fourth-order valence-electron chi connectivity index (χ4n) is 2.20. The van der Waals surface area contributed by atoms with E-state index >= 15 is 0 Å². The van der Waals surface area contributed by atoms with Crippen molar-refractivity contribution in [3.63, 3.8) is 0 Å². The maximum absolute atomic E-state index is 12.9. The minimum absolute atomic E-state index is 0.0565. The van der Waals surface area contributed by atoms with E-state index in [0.29, 0.717) is 0 Å². The Kier molecular flexibility index (Phi) is 4.44. The second-order valence-electron chi connectivity index (χ2n) is 5.16. The first kappa shape index (κ1) is 15.7. The Morgan fingerprint density at radius 2 is 1.67 bits per heavy atom. The average molecular weight is 307 g/mol. The van der Waals surface area contributed by atoms with Crippen LogP contribution in [0.4, 0.5) is 4.39 Å². The zero-order valence-corrected chi connectivity index (χ0v) is 13.0. The van der Waals surface area contributed by atoms with Crippen molar-refractivity contribution in [1.82, 2.24) is 4.72 Å². The van der Waals surface area contributed by atoms with Crippen LogP contribution in [-0.2, 0) is 10.0 Å². The van der Waals surface area contributed by atoms with Gasteiger partial charge in [0.05, 0.1) is 4.90 Å². The Balaban J connectivity index is 2.27. The van der Waals surface area contributed by atoms with E-state index < -0.39 is 15.8 Å². The summed E-state index contributed by atoms with van der Waals surface area (Å²) in [6, 6.07) is 10.3. The first-order valence-corrected chi connectivity index (χ1v) is 8.13. The number of nitrogens with one attached hydrogen (secondary N) is 1. The van der Waals surface area contributed by atoms with Crippen LogP contribution in [0.1, 0.15) is 29.7 Å². The van der Waals surface area contributed by atoms with Crippen molar-refractivity contribution in [2.24, 2.45) is 0 Å².